The summed E-state index contributed by atoms with van der Waals surface area (Å²) in [4.78, 5) is 4.89. The van der Waals surface area contributed by atoms with E-state index in [1.54, 1.807) is 0 Å². The molecule has 0 saturated heterocycles. The van der Waals surface area contributed by atoms with Crippen molar-refractivity contribution in [2.75, 3.05) is 12.4 Å². The summed E-state index contributed by atoms with van der Waals surface area (Å²) in [6, 6.07) is 24.2. The molecule has 0 fully saturated rings. The maximum atomic E-state index is 10.7. The fraction of sp³-hybridized carbons (Fsp3) is 0.136. The minimum absolute atomic E-state index is 0.147. The van der Waals surface area contributed by atoms with Crippen LogP contribution in [0.25, 0.3) is 32.9 Å². The Morgan fingerprint density at radius 3 is 2.41 bits per heavy atom. The molecular formula is C22H19NO3S. The van der Waals surface area contributed by atoms with E-state index in [9.17, 15) is 8.42 Å². The Kier molecular flexibility index (Phi) is 5.03. The Morgan fingerprint density at radius 2 is 1.59 bits per heavy atom. The smallest absolute Gasteiger partial charge is 0.140 e. The van der Waals surface area contributed by atoms with Crippen LogP contribution in [0, 0.1) is 0 Å². The zero-order chi connectivity index (χ0) is 18.6. The van der Waals surface area contributed by atoms with E-state index in [1.807, 2.05) is 54.6 Å². The zero-order valence-corrected chi connectivity index (χ0v) is 15.6. The van der Waals surface area contributed by atoms with Gasteiger partial charge in [0.2, 0.25) is 0 Å². The summed E-state index contributed by atoms with van der Waals surface area (Å²) >= 11 is 0. The van der Waals surface area contributed by atoms with Crippen molar-refractivity contribution in [1.29, 1.82) is 0 Å². The van der Waals surface area contributed by atoms with Gasteiger partial charge in [-0.15, -0.1) is 0 Å². The van der Waals surface area contributed by atoms with Crippen LogP contribution in [0.4, 0.5) is 0 Å². The standard InChI is InChI=1S/C22H19NO3S/c24-27(25)14-6-13-26-17-11-12-19-20(15-17)18-9-4-5-10-21(18)23-22(19)16-7-2-1-3-8-16/h1-5,7-12,15,27H,6,13-14H2. The van der Waals surface area contributed by atoms with E-state index in [0.717, 1.165) is 38.7 Å². The van der Waals surface area contributed by atoms with Crippen LogP contribution in [0.3, 0.4) is 0 Å². The molecule has 0 radical (unpaired) electrons. The Labute approximate surface area is 159 Å². The summed E-state index contributed by atoms with van der Waals surface area (Å²) in [6.07, 6.45) is 0.489. The van der Waals surface area contributed by atoms with Gasteiger partial charge in [0.15, 0.2) is 0 Å². The molecule has 4 nitrogen and oxygen atoms in total. The lowest BCUT2D eigenvalue weighted by atomic mass is 10.00. The SMILES string of the molecule is O=[SH](=O)CCCOc1ccc2c(-c3ccccc3)nc3ccccc3c2c1. The van der Waals surface area contributed by atoms with Gasteiger partial charge in [0, 0.05) is 16.3 Å². The molecule has 27 heavy (non-hydrogen) atoms. The molecule has 5 heteroatoms. The van der Waals surface area contributed by atoms with Crippen LogP contribution >= 0.6 is 0 Å². The predicted molar refractivity (Wildman–Crippen MR) is 110 cm³/mol. The van der Waals surface area contributed by atoms with Crippen LogP contribution < -0.4 is 4.74 Å². The number of aromatic nitrogens is 1. The first kappa shape index (κ1) is 17.5. The fourth-order valence-corrected chi connectivity index (χ4v) is 3.61. The number of para-hydroxylation sites is 1. The number of benzene rings is 3. The van der Waals surface area contributed by atoms with Crippen LogP contribution in [0.15, 0.2) is 72.8 Å². The quantitative estimate of drug-likeness (QED) is 0.307. The zero-order valence-electron chi connectivity index (χ0n) is 14.7. The highest BCUT2D eigenvalue weighted by Gasteiger charge is 2.11. The van der Waals surface area contributed by atoms with Gasteiger partial charge in [-0.3, -0.25) is 0 Å². The minimum atomic E-state index is -2.35. The number of hydrogen-bond acceptors (Lipinski definition) is 4. The van der Waals surface area contributed by atoms with Gasteiger partial charge in [-0.25, -0.2) is 13.4 Å². The van der Waals surface area contributed by atoms with Crippen LogP contribution in [0.1, 0.15) is 6.42 Å². The Bertz CT molecular complexity index is 1160. The monoisotopic (exact) mass is 377 g/mol. The average molecular weight is 377 g/mol. The van der Waals surface area contributed by atoms with E-state index >= 15 is 0 Å². The number of hydrogen-bond donors (Lipinski definition) is 1. The number of ether oxygens (including phenoxy) is 1. The van der Waals surface area contributed by atoms with Crippen molar-refractivity contribution in [1.82, 2.24) is 4.98 Å². The molecule has 0 amide bonds. The van der Waals surface area contributed by atoms with Crippen molar-refractivity contribution in [2.45, 2.75) is 6.42 Å². The van der Waals surface area contributed by atoms with Gasteiger partial charge >= 0.3 is 0 Å². The van der Waals surface area contributed by atoms with E-state index in [-0.39, 0.29) is 5.75 Å². The molecule has 0 aliphatic rings. The van der Waals surface area contributed by atoms with E-state index in [1.165, 1.54) is 0 Å². The summed E-state index contributed by atoms with van der Waals surface area (Å²) < 4.78 is 27.1. The molecule has 1 heterocycles. The van der Waals surface area contributed by atoms with Crippen molar-refractivity contribution in [2.24, 2.45) is 0 Å². The van der Waals surface area contributed by atoms with Gasteiger partial charge in [-0.1, -0.05) is 48.5 Å². The molecule has 0 saturated carbocycles. The predicted octanol–water partition coefficient (Wildman–Crippen LogP) is 4.44. The number of thiol groups is 1. The van der Waals surface area contributed by atoms with Crippen LogP contribution in [0.2, 0.25) is 0 Å². The van der Waals surface area contributed by atoms with Gasteiger partial charge < -0.3 is 4.74 Å². The molecule has 0 bridgehead atoms. The summed E-state index contributed by atoms with van der Waals surface area (Å²) in [7, 11) is -2.35. The van der Waals surface area contributed by atoms with Gasteiger partial charge in [0.05, 0.1) is 23.6 Å². The lowest BCUT2D eigenvalue weighted by molar-refractivity contribution is 0.318. The lowest BCUT2D eigenvalue weighted by Gasteiger charge is -2.12. The van der Waals surface area contributed by atoms with Crippen LogP contribution in [-0.4, -0.2) is 25.8 Å². The normalized spacial score (nSPS) is 11.3. The second-order valence-corrected chi connectivity index (χ2v) is 7.42. The van der Waals surface area contributed by atoms with E-state index < -0.39 is 10.7 Å². The molecule has 4 rings (SSSR count). The largest absolute Gasteiger partial charge is 0.494 e. The molecule has 0 atom stereocenters. The maximum Gasteiger partial charge on any atom is 0.140 e. The second-order valence-electron chi connectivity index (χ2n) is 6.31. The van der Waals surface area contributed by atoms with Crippen molar-refractivity contribution in [3.8, 4) is 17.0 Å². The number of pyridine rings is 1. The highest BCUT2D eigenvalue weighted by Crippen LogP contribution is 2.34. The van der Waals surface area contributed by atoms with E-state index in [4.69, 9.17) is 9.72 Å². The molecule has 3 aromatic carbocycles. The molecule has 4 aromatic rings. The van der Waals surface area contributed by atoms with Crippen LogP contribution in [-0.2, 0) is 10.7 Å². The topological polar surface area (TPSA) is 56.3 Å². The number of nitrogens with zero attached hydrogens (tertiary/aromatic N) is 1. The first-order valence-corrected chi connectivity index (χ1v) is 10.2. The second kappa shape index (κ2) is 7.76. The van der Waals surface area contributed by atoms with Gasteiger partial charge in [-0.2, -0.15) is 0 Å². The van der Waals surface area contributed by atoms with Crippen molar-refractivity contribution >= 4 is 32.4 Å². The van der Waals surface area contributed by atoms with Gasteiger partial charge in [0.25, 0.3) is 0 Å². The molecular weight excluding hydrogens is 358 g/mol. The highest BCUT2D eigenvalue weighted by molar-refractivity contribution is 7.72. The fourth-order valence-electron chi connectivity index (χ4n) is 3.22. The maximum absolute atomic E-state index is 10.7. The molecule has 0 unspecified atom stereocenters. The summed E-state index contributed by atoms with van der Waals surface area (Å²) in [5.41, 5.74) is 2.95. The molecule has 1 aromatic heterocycles. The first-order valence-electron chi connectivity index (χ1n) is 8.85. The summed E-state index contributed by atoms with van der Waals surface area (Å²) in [5.74, 6) is 0.882. The Hall–Kier alpha value is -2.92. The van der Waals surface area contributed by atoms with Crippen molar-refractivity contribution in [3.63, 3.8) is 0 Å². The molecule has 0 aliphatic carbocycles. The third-order valence-corrected chi connectivity index (χ3v) is 5.15. The third-order valence-electron chi connectivity index (χ3n) is 4.47. The number of rotatable bonds is 6. The van der Waals surface area contributed by atoms with E-state index in [2.05, 4.69) is 18.2 Å². The molecule has 0 aliphatic heterocycles. The van der Waals surface area contributed by atoms with Crippen molar-refractivity contribution in [3.05, 3.63) is 72.8 Å². The molecule has 136 valence electrons. The Balaban J connectivity index is 1.80. The van der Waals surface area contributed by atoms with Crippen molar-refractivity contribution < 1.29 is 13.2 Å². The highest BCUT2D eigenvalue weighted by atomic mass is 32.2. The molecule has 0 spiro atoms. The van der Waals surface area contributed by atoms with E-state index in [0.29, 0.717) is 13.0 Å². The lowest BCUT2D eigenvalue weighted by Crippen LogP contribution is -2.01. The summed E-state index contributed by atoms with van der Waals surface area (Å²) in [5, 5.41) is 3.21. The average Bonchev–Trinajstić information content (AvgIpc) is 2.71. The van der Waals surface area contributed by atoms with Gasteiger partial charge in [0.1, 0.15) is 16.5 Å². The Morgan fingerprint density at radius 1 is 0.815 bits per heavy atom. The first-order chi connectivity index (χ1) is 13.2. The van der Waals surface area contributed by atoms with Crippen LogP contribution in [0.5, 0.6) is 5.75 Å². The molecule has 0 N–H and O–H groups in total. The minimum Gasteiger partial charge on any atom is -0.494 e. The number of fused-ring (bicyclic) bond motifs is 3. The van der Waals surface area contributed by atoms with Gasteiger partial charge in [-0.05, 0) is 36.1 Å². The summed E-state index contributed by atoms with van der Waals surface area (Å²) in [6.45, 7) is 0.378. The third kappa shape index (κ3) is 3.78.